The number of carbonyl (C=O) groups excluding carboxylic acids is 1. The SMILES string of the molecule is [15NH2][15NH][13CH]=O. The van der Waals surface area contributed by atoms with E-state index in [9.17, 15) is 0 Å². The van der Waals surface area contributed by atoms with Crippen molar-refractivity contribution < 1.29 is 4.79 Å². The van der Waals surface area contributed by atoms with Gasteiger partial charge in [-0.25, -0.2) is 5.84 Å². The zero-order valence-electron chi connectivity index (χ0n) is 2.06. The lowest BCUT2D eigenvalue weighted by atomic mass is 12.4. The number of amides is 1. The van der Waals surface area contributed by atoms with Gasteiger partial charge in [-0.1, -0.05) is 0 Å². The molecule has 0 aromatic carbocycles. The molecule has 3 heteroatoms. The van der Waals surface area contributed by atoms with E-state index >= 15 is 0 Å². The van der Waals surface area contributed by atoms with Crippen molar-refractivity contribution in [2.45, 2.75) is 0 Å². The fourth-order valence-electron chi connectivity index (χ4n) is 0. The lowest BCUT2D eigenvalue weighted by molar-refractivity contribution is -0.109. The van der Waals surface area contributed by atoms with E-state index in [0.29, 0.717) is 6.41 Å². The van der Waals surface area contributed by atoms with Crippen LogP contribution in [0.4, 0.5) is 0 Å². The summed E-state index contributed by atoms with van der Waals surface area (Å²) < 4.78 is 0. The summed E-state index contributed by atoms with van der Waals surface area (Å²) in [6.45, 7) is 0. The highest BCUT2D eigenvalue weighted by molar-refractivity contribution is 5.44. The van der Waals surface area contributed by atoms with Crippen molar-refractivity contribution >= 4 is 6.41 Å². The molecule has 4 heavy (non-hydrogen) atoms. The summed E-state index contributed by atoms with van der Waals surface area (Å²) in [6, 6.07) is 0. The first kappa shape index (κ1) is 3.43. The Bertz CT molecular complexity index is 20.0. The first-order valence-corrected chi connectivity index (χ1v) is 0.813. The molecule has 3 N–H and O–H groups in total. The van der Waals surface area contributed by atoms with Crippen LogP contribution in [0.3, 0.4) is 0 Å². The van der Waals surface area contributed by atoms with Crippen molar-refractivity contribution in [1.29, 1.82) is 0 Å². The second-order valence-corrected chi connectivity index (χ2v) is 0.285. The van der Waals surface area contributed by atoms with Crippen LogP contribution in [0.1, 0.15) is 0 Å². The molecule has 3 nitrogen and oxygen atoms in total. The highest BCUT2D eigenvalue weighted by Crippen LogP contribution is 0.992. The van der Waals surface area contributed by atoms with Crippen LogP contribution < -0.4 is 11.3 Å². The van der Waals surface area contributed by atoms with E-state index in [0.717, 1.165) is 0 Å². The van der Waals surface area contributed by atoms with Gasteiger partial charge >= 0.3 is 0 Å². The van der Waals surface area contributed by atoms with Crippen LogP contribution >= 0.6 is 0 Å². The van der Waals surface area contributed by atoms with E-state index in [4.69, 9.17) is 4.79 Å². The minimum Gasteiger partial charge on any atom is -0.297 e. The molecule has 0 aromatic heterocycles. The van der Waals surface area contributed by atoms with Crippen molar-refractivity contribution in [3.05, 3.63) is 0 Å². The zero-order valence-corrected chi connectivity index (χ0v) is 2.06. The van der Waals surface area contributed by atoms with E-state index in [-0.39, 0.29) is 0 Å². The molecule has 0 fully saturated rings. The Hall–Kier alpha value is -0.570. The standard InChI is InChI=1S/CH4N2O/c2-3-1-4/h1H,2H2,(H,3,4)/i1+1,2+1,3+1. The molecule has 0 radical (unpaired) electrons. The van der Waals surface area contributed by atoms with Gasteiger partial charge < -0.3 is 0 Å². The number of nitrogens with two attached hydrogens (primary N) is 1. The summed E-state index contributed by atoms with van der Waals surface area (Å²) in [5.74, 6) is 4.41. The number of rotatable bonds is 1. The van der Waals surface area contributed by atoms with Crippen molar-refractivity contribution in [3.8, 4) is 0 Å². The smallest absolute Gasteiger partial charge is 0.221 e. The molecule has 0 aliphatic heterocycles. The van der Waals surface area contributed by atoms with Crippen molar-refractivity contribution in [1.82, 2.24) is 5.43 Å². The van der Waals surface area contributed by atoms with Crippen molar-refractivity contribution in [3.63, 3.8) is 0 Å². The van der Waals surface area contributed by atoms with E-state index in [1.165, 1.54) is 0 Å². The van der Waals surface area contributed by atoms with E-state index in [2.05, 4.69) is 5.84 Å². The fourth-order valence-corrected chi connectivity index (χ4v) is 0. The number of nitrogens with one attached hydrogen (secondary N) is 1. The number of hydrogen-bond donors (Lipinski definition) is 2. The van der Waals surface area contributed by atoms with Gasteiger partial charge in [0.15, 0.2) is 0 Å². The first-order chi connectivity index (χ1) is 1.91. The molecule has 0 rings (SSSR count). The number of hydrogen-bond acceptors (Lipinski definition) is 2. The van der Waals surface area contributed by atoms with E-state index < -0.39 is 0 Å². The average Bonchev–Trinajstić information content (AvgIpc) is 1.37. The average molecular weight is 63.0 g/mol. The van der Waals surface area contributed by atoms with E-state index in [1.54, 1.807) is 5.43 Å². The van der Waals surface area contributed by atoms with Crippen LogP contribution in [-0.4, -0.2) is 6.41 Å². The second-order valence-electron chi connectivity index (χ2n) is 0.285. The van der Waals surface area contributed by atoms with Crippen LogP contribution in [0.25, 0.3) is 0 Å². The van der Waals surface area contributed by atoms with Crippen LogP contribution in [-0.2, 0) is 4.79 Å². The molecule has 0 saturated heterocycles. The molecule has 0 atom stereocenters. The fraction of sp³-hybridized carbons (Fsp3) is 0. The maximum absolute atomic E-state index is 8.94. The molecule has 24 valence electrons. The second kappa shape index (κ2) is 2.43. The summed E-state index contributed by atoms with van der Waals surface area (Å²) in [5.41, 5.74) is 1.75. The largest absolute Gasteiger partial charge is 0.297 e. The Morgan fingerprint density at radius 2 is 2.25 bits per heavy atom. The minimum absolute atomic E-state index is 0.403. The predicted molar refractivity (Wildman–Crippen MR) is 13.4 cm³/mol. The molecule has 0 unspecified atom stereocenters. The molecular formula is CH4N2O. The first-order valence-electron chi connectivity index (χ1n) is 0.813. The highest BCUT2D eigenvalue weighted by atomic mass is 16.3. The van der Waals surface area contributed by atoms with Gasteiger partial charge in [-0.2, -0.15) is 0 Å². The topological polar surface area (TPSA) is 55.1 Å². The van der Waals surface area contributed by atoms with Crippen LogP contribution in [0.15, 0.2) is 0 Å². The number of carbonyl (C=O) groups is 1. The maximum atomic E-state index is 8.94. The lowest BCUT2D eigenvalue weighted by Crippen LogP contribution is -2.18. The molecule has 0 aliphatic rings. The van der Waals surface area contributed by atoms with Gasteiger partial charge in [0.2, 0.25) is 6.41 Å². The van der Waals surface area contributed by atoms with Gasteiger partial charge in [-0.3, -0.25) is 10.2 Å². The van der Waals surface area contributed by atoms with Gasteiger partial charge in [-0.05, 0) is 0 Å². The zero-order chi connectivity index (χ0) is 3.41. The summed E-state index contributed by atoms with van der Waals surface area (Å²) in [4.78, 5) is 8.94. The van der Waals surface area contributed by atoms with Crippen LogP contribution in [0, 0.1) is 0 Å². The molecule has 0 spiro atoms. The third kappa shape index (κ3) is 1.43. The van der Waals surface area contributed by atoms with Gasteiger partial charge in [0.25, 0.3) is 0 Å². The monoisotopic (exact) mass is 63.0 g/mol. The molecule has 0 saturated carbocycles. The summed E-state index contributed by atoms with van der Waals surface area (Å²) in [7, 11) is 0. The number of hydrazine groups is 1. The maximum Gasteiger partial charge on any atom is 0.221 e. The summed E-state index contributed by atoms with van der Waals surface area (Å²) in [6.07, 6.45) is 0.403. The quantitative estimate of drug-likeness (QED) is 0.0982. The van der Waals surface area contributed by atoms with Crippen molar-refractivity contribution in [2.24, 2.45) is 5.84 Å². The Labute approximate surface area is 23.8 Å². The molecule has 0 aliphatic carbocycles. The van der Waals surface area contributed by atoms with Crippen LogP contribution in [0.2, 0.25) is 0 Å². The predicted octanol–water partition coefficient (Wildman–Crippen LogP) is -1.39. The van der Waals surface area contributed by atoms with Gasteiger partial charge in [0.05, 0.1) is 0 Å². The molecule has 1 amide bonds. The molecular weight excluding hydrogens is 59.0 g/mol. The molecule has 0 aromatic rings. The Morgan fingerprint density at radius 3 is 2.25 bits per heavy atom. The van der Waals surface area contributed by atoms with Gasteiger partial charge in [0.1, 0.15) is 0 Å². The Morgan fingerprint density at radius 1 is 2.00 bits per heavy atom. The molecule has 0 bridgehead atoms. The Balaban J connectivity index is 2.30. The van der Waals surface area contributed by atoms with Crippen molar-refractivity contribution in [2.75, 3.05) is 0 Å². The summed E-state index contributed by atoms with van der Waals surface area (Å²) >= 11 is 0. The highest BCUT2D eigenvalue weighted by Gasteiger charge is 1.42. The minimum atomic E-state index is 0.403. The van der Waals surface area contributed by atoms with Crippen LogP contribution in [0.5, 0.6) is 0 Å². The normalized spacial score (nSPS) is 5.25. The third-order valence-corrected chi connectivity index (χ3v) is 0.0680. The van der Waals surface area contributed by atoms with Gasteiger partial charge in [0, 0.05) is 0 Å². The van der Waals surface area contributed by atoms with Gasteiger partial charge in [-0.15, -0.1) is 0 Å². The summed E-state index contributed by atoms with van der Waals surface area (Å²) in [5, 5.41) is 0. The Kier molecular flexibility index (Phi) is 2.08. The lowest BCUT2D eigenvalue weighted by Gasteiger charge is -1.66. The molecule has 0 heterocycles. The third-order valence-electron chi connectivity index (χ3n) is 0.0680. The van der Waals surface area contributed by atoms with E-state index in [1.807, 2.05) is 0 Å².